The number of amides is 2. The summed E-state index contributed by atoms with van der Waals surface area (Å²) in [6.45, 7) is -0.421. The van der Waals surface area contributed by atoms with Crippen LogP contribution in [0, 0.1) is 0 Å². The van der Waals surface area contributed by atoms with E-state index in [0.717, 1.165) is 16.0 Å². The molecule has 9 nitrogen and oxygen atoms in total. The van der Waals surface area contributed by atoms with Crippen molar-refractivity contribution in [3.63, 3.8) is 0 Å². The van der Waals surface area contributed by atoms with Gasteiger partial charge in [-0.25, -0.2) is 4.98 Å². The third-order valence-electron chi connectivity index (χ3n) is 7.22. The first-order valence-electron chi connectivity index (χ1n) is 11.4. The highest BCUT2D eigenvalue weighted by Crippen LogP contribution is 2.54. The molecule has 5 heterocycles. The number of H-pyrrole nitrogens is 1. The summed E-state index contributed by atoms with van der Waals surface area (Å²) in [5.74, 6) is -0.608. The summed E-state index contributed by atoms with van der Waals surface area (Å²) in [5.41, 5.74) is 1.73. The number of likely N-dealkylation sites (tertiary alicyclic amines) is 1. The summed E-state index contributed by atoms with van der Waals surface area (Å²) in [6.07, 6.45) is 0.778. The van der Waals surface area contributed by atoms with Crippen LogP contribution in [0.2, 0.25) is 0 Å². The second-order valence-corrected chi connectivity index (χ2v) is 9.25. The zero-order valence-electron chi connectivity index (χ0n) is 18.5. The van der Waals surface area contributed by atoms with E-state index in [4.69, 9.17) is 4.74 Å². The molecule has 1 spiro atoms. The Labute approximate surface area is 197 Å². The average Bonchev–Trinajstić information content (AvgIpc) is 3.52. The van der Waals surface area contributed by atoms with Crippen LogP contribution < -0.4 is 9.64 Å². The number of alkyl halides is 3. The molecule has 35 heavy (non-hydrogen) atoms. The lowest BCUT2D eigenvalue weighted by atomic mass is 9.63. The van der Waals surface area contributed by atoms with Crippen molar-refractivity contribution in [1.82, 2.24) is 25.1 Å². The Morgan fingerprint density at radius 2 is 2.06 bits per heavy atom. The Balaban J connectivity index is 1.20. The van der Waals surface area contributed by atoms with E-state index in [2.05, 4.69) is 20.2 Å². The molecule has 3 aromatic rings. The number of nitrogens with one attached hydrogen (secondary N) is 1. The van der Waals surface area contributed by atoms with Crippen LogP contribution in [-0.4, -0.2) is 68.3 Å². The number of aromatic nitrogens is 4. The number of pyridine rings is 2. The third kappa shape index (κ3) is 3.41. The highest BCUT2D eigenvalue weighted by atomic mass is 19.4. The van der Waals surface area contributed by atoms with Gasteiger partial charge in [-0.15, -0.1) is 0 Å². The zero-order valence-corrected chi connectivity index (χ0v) is 18.5. The van der Waals surface area contributed by atoms with Gasteiger partial charge in [0.1, 0.15) is 24.2 Å². The van der Waals surface area contributed by atoms with Crippen LogP contribution in [-0.2, 0) is 15.0 Å². The van der Waals surface area contributed by atoms with Gasteiger partial charge >= 0.3 is 6.18 Å². The van der Waals surface area contributed by atoms with E-state index in [1.165, 1.54) is 11.1 Å². The Morgan fingerprint density at radius 3 is 2.86 bits per heavy atom. The summed E-state index contributed by atoms with van der Waals surface area (Å²) < 4.78 is 46.1. The number of halogens is 3. The van der Waals surface area contributed by atoms with Crippen molar-refractivity contribution in [2.24, 2.45) is 0 Å². The van der Waals surface area contributed by atoms with Gasteiger partial charge in [-0.1, -0.05) is 0 Å². The SMILES string of the molecule is O=C(CN1C(=O)C2(CC(Oc3ccc4[nH]ncc4n3)C2)c2ccncc21)N1CCC[C@H]1C(F)(F)F. The minimum Gasteiger partial charge on any atom is -0.474 e. The van der Waals surface area contributed by atoms with Crippen LogP contribution in [0.3, 0.4) is 0 Å². The van der Waals surface area contributed by atoms with Gasteiger partial charge in [-0.05, 0) is 30.5 Å². The van der Waals surface area contributed by atoms with E-state index < -0.39 is 30.1 Å². The van der Waals surface area contributed by atoms with Gasteiger partial charge < -0.3 is 14.5 Å². The van der Waals surface area contributed by atoms with Gasteiger partial charge in [-0.2, -0.15) is 18.3 Å². The number of carbonyl (C=O) groups is 2. The molecule has 0 radical (unpaired) electrons. The molecular weight excluding hydrogens is 465 g/mol. The fourth-order valence-electron chi connectivity index (χ4n) is 5.52. The Morgan fingerprint density at radius 1 is 1.23 bits per heavy atom. The summed E-state index contributed by atoms with van der Waals surface area (Å²) >= 11 is 0. The van der Waals surface area contributed by atoms with E-state index >= 15 is 0 Å². The maximum atomic E-state index is 13.6. The standard InChI is InChI=1S/C23H21F3N6O3/c24-23(25,26)18-2-1-7-31(18)20(33)12-32-17-11-27-6-5-14(17)22(21(32)34)8-13(9-22)35-19-4-3-15-16(29-19)10-28-30-15/h3-6,10-11,13,18H,1-2,7-9,12H2,(H,28,30)/t13?,18-,22?/m0/s1. The minimum absolute atomic E-state index is 0.0278. The monoisotopic (exact) mass is 486 g/mol. The molecule has 0 bridgehead atoms. The number of hydrogen-bond donors (Lipinski definition) is 1. The average molecular weight is 486 g/mol. The molecule has 1 atom stereocenters. The van der Waals surface area contributed by atoms with Crippen molar-refractivity contribution in [2.45, 2.75) is 49.4 Å². The highest BCUT2D eigenvalue weighted by molar-refractivity contribution is 6.11. The topological polar surface area (TPSA) is 104 Å². The molecular formula is C23H21F3N6O3. The second kappa shape index (κ2) is 7.65. The van der Waals surface area contributed by atoms with Crippen molar-refractivity contribution < 1.29 is 27.5 Å². The van der Waals surface area contributed by atoms with Gasteiger partial charge in [0.05, 0.1) is 29.0 Å². The Bertz CT molecular complexity index is 1320. The van der Waals surface area contributed by atoms with Crippen LogP contribution in [0.5, 0.6) is 5.88 Å². The molecule has 3 aromatic heterocycles. The maximum Gasteiger partial charge on any atom is 0.408 e. The number of ether oxygens (including phenoxy) is 1. The molecule has 12 heteroatoms. The number of nitrogens with zero attached hydrogens (tertiary/aromatic N) is 5. The van der Waals surface area contributed by atoms with Crippen molar-refractivity contribution in [2.75, 3.05) is 18.0 Å². The van der Waals surface area contributed by atoms with E-state index in [1.807, 2.05) is 0 Å². The predicted molar refractivity (Wildman–Crippen MR) is 117 cm³/mol. The largest absolute Gasteiger partial charge is 0.474 e. The molecule has 6 rings (SSSR count). The number of hydrogen-bond acceptors (Lipinski definition) is 6. The molecule has 1 saturated heterocycles. The molecule has 2 fully saturated rings. The molecule has 2 aliphatic heterocycles. The van der Waals surface area contributed by atoms with Crippen molar-refractivity contribution >= 4 is 28.5 Å². The molecule has 0 aromatic carbocycles. The van der Waals surface area contributed by atoms with Crippen molar-refractivity contribution in [3.05, 3.63) is 42.4 Å². The van der Waals surface area contributed by atoms with E-state index in [9.17, 15) is 22.8 Å². The van der Waals surface area contributed by atoms with Crippen molar-refractivity contribution in [3.8, 4) is 5.88 Å². The zero-order chi connectivity index (χ0) is 24.4. The van der Waals surface area contributed by atoms with Crippen LogP contribution in [0.4, 0.5) is 18.9 Å². The third-order valence-corrected chi connectivity index (χ3v) is 7.22. The maximum absolute atomic E-state index is 13.6. The molecule has 182 valence electrons. The lowest BCUT2D eigenvalue weighted by Crippen LogP contribution is -2.55. The number of aromatic amines is 1. The number of rotatable bonds is 4. The number of carbonyl (C=O) groups excluding carboxylic acids is 2. The summed E-state index contributed by atoms with van der Waals surface area (Å²) in [4.78, 5) is 37.1. The van der Waals surface area contributed by atoms with Gasteiger partial charge in [0.15, 0.2) is 0 Å². The molecule has 1 aliphatic carbocycles. The first-order valence-corrected chi connectivity index (χ1v) is 11.4. The van der Waals surface area contributed by atoms with Crippen LogP contribution in [0.25, 0.3) is 11.0 Å². The molecule has 2 amide bonds. The molecule has 1 N–H and O–H groups in total. The Hall–Kier alpha value is -3.70. The molecule has 3 aliphatic rings. The predicted octanol–water partition coefficient (Wildman–Crippen LogP) is 2.73. The lowest BCUT2D eigenvalue weighted by molar-refractivity contribution is -0.182. The van der Waals surface area contributed by atoms with E-state index in [0.29, 0.717) is 29.9 Å². The highest BCUT2D eigenvalue weighted by Gasteiger charge is 2.60. The number of fused-ring (bicyclic) bond motifs is 3. The van der Waals surface area contributed by atoms with E-state index in [1.54, 1.807) is 30.6 Å². The quantitative estimate of drug-likeness (QED) is 0.608. The fraction of sp³-hybridized carbons (Fsp3) is 0.435. The first kappa shape index (κ1) is 21.8. The van der Waals surface area contributed by atoms with E-state index in [-0.39, 0.29) is 31.4 Å². The van der Waals surface area contributed by atoms with Crippen molar-refractivity contribution in [1.29, 1.82) is 0 Å². The lowest BCUT2D eigenvalue weighted by Gasteiger charge is -2.43. The van der Waals surface area contributed by atoms with Gasteiger partial charge in [0.25, 0.3) is 0 Å². The van der Waals surface area contributed by atoms with Gasteiger partial charge in [-0.3, -0.25) is 19.7 Å². The van der Waals surface area contributed by atoms with Gasteiger partial charge in [0.2, 0.25) is 17.7 Å². The summed E-state index contributed by atoms with van der Waals surface area (Å²) in [7, 11) is 0. The van der Waals surface area contributed by atoms with Crippen LogP contribution in [0.1, 0.15) is 31.2 Å². The molecule has 0 unspecified atom stereocenters. The second-order valence-electron chi connectivity index (χ2n) is 9.25. The van der Waals surface area contributed by atoms with Crippen LogP contribution >= 0.6 is 0 Å². The normalized spacial score (nSPS) is 25.9. The fourth-order valence-corrected chi connectivity index (χ4v) is 5.52. The Kier molecular flexibility index (Phi) is 4.77. The minimum atomic E-state index is -4.49. The number of anilines is 1. The first-order chi connectivity index (χ1) is 16.8. The smallest absolute Gasteiger partial charge is 0.408 e. The van der Waals surface area contributed by atoms with Crippen LogP contribution in [0.15, 0.2) is 36.8 Å². The summed E-state index contributed by atoms with van der Waals surface area (Å²) in [5, 5.41) is 6.75. The van der Waals surface area contributed by atoms with Gasteiger partial charge in [0, 0.05) is 31.6 Å². The molecule has 1 saturated carbocycles. The summed E-state index contributed by atoms with van der Waals surface area (Å²) in [6, 6.07) is 3.45.